The molecule has 1 fully saturated rings. The Morgan fingerprint density at radius 3 is 2.26 bits per heavy atom. The van der Waals surface area contributed by atoms with E-state index in [9.17, 15) is 13.2 Å². The van der Waals surface area contributed by atoms with E-state index in [1.807, 2.05) is 55.5 Å². The summed E-state index contributed by atoms with van der Waals surface area (Å²) < 4.78 is 24.8. The summed E-state index contributed by atoms with van der Waals surface area (Å²) in [5.74, 6) is -0.183. The van der Waals surface area contributed by atoms with Crippen LogP contribution in [0.25, 0.3) is 0 Å². The molecule has 144 valence electrons. The number of benzene rings is 2. The molecule has 1 atom stereocenters. The van der Waals surface area contributed by atoms with E-state index in [1.54, 1.807) is 0 Å². The summed E-state index contributed by atoms with van der Waals surface area (Å²) in [6.07, 6.45) is 2.32. The Bertz CT molecular complexity index is 889. The number of amides is 1. The number of rotatable bonds is 5. The first kappa shape index (κ1) is 19.6. The lowest BCUT2D eigenvalue weighted by Gasteiger charge is -2.31. The van der Waals surface area contributed by atoms with Gasteiger partial charge in [-0.25, -0.2) is 12.7 Å². The molecule has 0 aliphatic carbocycles. The molecule has 27 heavy (non-hydrogen) atoms. The highest BCUT2D eigenvalue weighted by molar-refractivity contribution is 7.88. The summed E-state index contributed by atoms with van der Waals surface area (Å²) in [6.45, 7) is 2.84. The second-order valence-corrected chi connectivity index (χ2v) is 9.19. The van der Waals surface area contributed by atoms with Crippen LogP contribution < -0.4 is 5.32 Å². The van der Waals surface area contributed by atoms with Crippen molar-refractivity contribution in [2.24, 2.45) is 5.92 Å². The number of hydrogen-bond acceptors (Lipinski definition) is 3. The molecule has 1 aliphatic heterocycles. The maximum Gasteiger partial charge on any atom is 0.223 e. The predicted octanol–water partition coefficient (Wildman–Crippen LogP) is 2.87. The summed E-state index contributed by atoms with van der Waals surface area (Å²) in [4.78, 5) is 12.9. The van der Waals surface area contributed by atoms with Crippen LogP contribution in [0.4, 0.5) is 0 Å². The molecule has 0 bridgehead atoms. The first-order valence-corrected chi connectivity index (χ1v) is 11.1. The van der Waals surface area contributed by atoms with Crippen LogP contribution in [0.2, 0.25) is 0 Å². The Labute approximate surface area is 161 Å². The number of carbonyl (C=O) groups is 1. The Morgan fingerprint density at radius 1 is 1.04 bits per heavy atom. The third-order valence-electron chi connectivity index (χ3n) is 5.09. The van der Waals surface area contributed by atoms with Gasteiger partial charge in [0.1, 0.15) is 0 Å². The van der Waals surface area contributed by atoms with E-state index in [2.05, 4.69) is 11.4 Å². The van der Waals surface area contributed by atoms with E-state index in [4.69, 9.17) is 0 Å². The third-order valence-corrected chi connectivity index (χ3v) is 6.39. The Hall–Kier alpha value is -2.18. The number of aryl methyl sites for hydroxylation is 1. The van der Waals surface area contributed by atoms with E-state index >= 15 is 0 Å². The molecule has 6 heteroatoms. The number of piperidine rings is 1. The van der Waals surface area contributed by atoms with Gasteiger partial charge in [-0.1, -0.05) is 60.2 Å². The molecular formula is C21H26N2O3S. The number of sulfonamides is 1. The van der Waals surface area contributed by atoms with Gasteiger partial charge in [-0.3, -0.25) is 4.79 Å². The van der Waals surface area contributed by atoms with Crippen molar-refractivity contribution >= 4 is 15.9 Å². The highest BCUT2D eigenvalue weighted by Crippen LogP contribution is 2.25. The largest absolute Gasteiger partial charge is 0.345 e. The normalized spacial score (nSPS) is 17.4. The zero-order chi connectivity index (χ0) is 19.4. The molecule has 1 saturated heterocycles. The molecule has 1 unspecified atom stereocenters. The third kappa shape index (κ3) is 4.96. The SMILES string of the molecule is Cc1cccc(C(NC(=O)C2CCN(S(C)(=O)=O)CC2)c2ccccc2)c1. The maximum atomic E-state index is 12.9. The highest BCUT2D eigenvalue weighted by Gasteiger charge is 2.30. The Balaban J connectivity index is 1.76. The molecule has 3 rings (SSSR count). The second kappa shape index (κ2) is 8.23. The van der Waals surface area contributed by atoms with E-state index in [0.29, 0.717) is 25.9 Å². The van der Waals surface area contributed by atoms with Gasteiger partial charge in [0, 0.05) is 19.0 Å². The van der Waals surface area contributed by atoms with Crippen molar-refractivity contribution in [1.29, 1.82) is 0 Å². The fourth-order valence-electron chi connectivity index (χ4n) is 3.56. The van der Waals surface area contributed by atoms with Crippen LogP contribution in [0.5, 0.6) is 0 Å². The summed E-state index contributed by atoms with van der Waals surface area (Å²) in [7, 11) is -3.19. The van der Waals surface area contributed by atoms with Crippen LogP contribution in [0.3, 0.4) is 0 Å². The number of nitrogens with one attached hydrogen (secondary N) is 1. The molecule has 0 radical (unpaired) electrons. The number of carbonyl (C=O) groups excluding carboxylic acids is 1. The average molecular weight is 387 g/mol. The smallest absolute Gasteiger partial charge is 0.223 e. The van der Waals surface area contributed by atoms with Crippen molar-refractivity contribution in [3.05, 3.63) is 71.3 Å². The lowest BCUT2D eigenvalue weighted by atomic mass is 9.93. The van der Waals surface area contributed by atoms with Crippen molar-refractivity contribution in [3.63, 3.8) is 0 Å². The molecule has 2 aromatic rings. The van der Waals surface area contributed by atoms with Crippen LogP contribution in [-0.4, -0.2) is 38.0 Å². The van der Waals surface area contributed by atoms with Crippen molar-refractivity contribution < 1.29 is 13.2 Å². The van der Waals surface area contributed by atoms with Crippen LogP contribution in [0.15, 0.2) is 54.6 Å². The summed E-state index contributed by atoms with van der Waals surface area (Å²) in [5, 5.41) is 3.19. The monoisotopic (exact) mass is 386 g/mol. The zero-order valence-electron chi connectivity index (χ0n) is 15.8. The van der Waals surface area contributed by atoms with Crippen LogP contribution in [-0.2, 0) is 14.8 Å². The molecule has 1 aliphatic rings. The quantitative estimate of drug-likeness (QED) is 0.859. The maximum absolute atomic E-state index is 12.9. The molecule has 5 nitrogen and oxygen atoms in total. The standard InChI is InChI=1S/C21H26N2O3S/c1-16-7-6-10-19(15-16)20(17-8-4-3-5-9-17)22-21(24)18-11-13-23(14-12-18)27(2,25)26/h3-10,15,18,20H,11-14H2,1-2H3,(H,22,24). The fourth-order valence-corrected chi connectivity index (χ4v) is 4.44. The van der Waals surface area contributed by atoms with E-state index in [0.717, 1.165) is 16.7 Å². The van der Waals surface area contributed by atoms with Gasteiger partial charge in [0.25, 0.3) is 0 Å². The van der Waals surface area contributed by atoms with Gasteiger partial charge < -0.3 is 5.32 Å². The molecule has 0 aromatic heterocycles. The van der Waals surface area contributed by atoms with Crippen molar-refractivity contribution in [2.75, 3.05) is 19.3 Å². The first-order chi connectivity index (χ1) is 12.8. The van der Waals surface area contributed by atoms with Crippen LogP contribution >= 0.6 is 0 Å². The van der Waals surface area contributed by atoms with Crippen LogP contribution in [0, 0.1) is 12.8 Å². The van der Waals surface area contributed by atoms with Gasteiger partial charge in [0.05, 0.1) is 12.3 Å². The topological polar surface area (TPSA) is 66.5 Å². The molecule has 2 aromatic carbocycles. The minimum absolute atomic E-state index is 0.0153. The highest BCUT2D eigenvalue weighted by atomic mass is 32.2. The fraction of sp³-hybridized carbons (Fsp3) is 0.381. The zero-order valence-corrected chi connectivity index (χ0v) is 16.6. The van der Waals surface area contributed by atoms with Gasteiger partial charge >= 0.3 is 0 Å². The minimum atomic E-state index is -3.19. The van der Waals surface area contributed by atoms with Crippen molar-refractivity contribution in [3.8, 4) is 0 Å². The van der Waals surface area contributed by atoms with Gasteiger partial charge in [0.15, 0.2) is 0 Å². The molecule has 1 N–H and O–H groups in total. The van der Waals surface area contributed by atoms with Gasteiger partial charge in [-0.05, 0) is 30.9 Å². The van der Waals surface area contributed by atoms with E-state index in [-0.39, 0.29) is 17.9 Å². The molecule has 0 spiro atoms. The van der Waals surface area contributed by atoms with Gasteiger partial charge in [0.2, 0.25) is 15.9 Å². The summed E-state index contributed by atoms with van der Waals surface area (Å²) in [6, 6.07) is 17.8. The Kier molecular flexibility index (Phi) is 5.97. The molecule has 1 heterocycles. The minimum Gasteiger partial charge on any atom is -0.345 e. The lowest BCUT2D eigenvalue weighted by molar-refractivity contribution is -0.126. The summed E-state index contributed by atoms with van der Waals surface area (Å²) >= 11 is 0. The molecule has 0 saturated carbocycles. The van der Waals surface area contributed by atoms with Crippen molar-refractivity contribution in [2.45, 2.75) is 25.8 Å². The molecular weight excluding hydrogens is 360 g/mol. The van der Waals surface area contributed by atoms with E-state index < -0.39 is 10.0 Å². The Morgan fingerprint density at radius 2 is 1.67 bits per heavy atom. The predicted molar refractivity (Wildman–Crippen MR) is 107 cm³/mol. The second-order valence-electron chi connectivity index (χ2n) is 7.20. The number of nitrogens with zero attached hydrogens (tertiary/aromatic N) is 1. The van der Waals surface area contributed by atoms with E-state index in [1.165, 1.54) is 10.6 Å². The van der Waals surface area contributed by atoms with Gasteiger partial charge in [-0.2, -0.15) is 0 Å². The van der Waals surface area contributed by atoms with Crippen LogP contribution in [0.1, 0.15) is 35.6 Å². The number of hydrogen-bond donors (Lipinski definition) is 1. The first-order valence-electron chi connectivity index (χ1n) is 9.21. The van der Waals surface area contributed by atoms with Crippen molar-refractivity contribution in [1.82, 2.24) is 9.62 Å². The summed E-state index contributed by atoms with van der Waals surface area (Å²) in [5.41, 5.74) is 3.22. The molecule has 1 amide bonds. The average Bonchev–Trinajstić information content (AvgIpc) is 2.66. The van der Waals surface area contributed by atoms with Gasteiger partial charge in [-0.15, -0.1) is 0 Å². The lowest BCUT2D eigenvalue weighted by Crippen LogP contribution is -2.43.